The van der Waals surface area contributed by atoms with Gasteiger partial charge >= 0.3 is 12.1 Å². The molecule has 2 aromatic rings. The average molecular weight is 499 g/mol. The van der Waals surface area contributed by atoms with Crippen LogP contribution in [0.2, 0.25) is 0 Å². The zero-order valence-corrected chi connectivity index (χ0v) is 21.3. The zero-order valence-electron chi connectivity index (χ0n) is 20.5. The number of carboxylic acid groups (broad SMARTS) is 1. The van der Waals surface area contributed by atoms with E-state index in [1.165, 1.54) is 0 Å². The zero-order chi connectivity index (χ0) is 25.4. The average Bonchev–Trinajstić information content (AvgIpc) is 3.19. The fourth-order valence-electron chi connectivity index (χ4n) is 4.54. The van der Waals surface area contributed by atoms with Crippen LogP contribution in [0, 0.1) is 5.41 Å². The molecule has 0 saturated carbocycles. The molecule has 0 bridgehead atoms. The minimum atomic E-state index is -1.02. The van der Waals surface area contributed by atoms with Crippen LogP contribution in [0.5, 0.6) is 0 Å². The van der Waals surface area contributed by atoms with Crippen LogP contribution in [-0.4, -0.2) is 54.3 Å². The van der Waals surface area contributed by atoms with Crippen LogP contribution in [-0.2, 0) is 14.3 Å². The van der Waals surface area contributed by atoms with Crippen molar-refractivity contribution >= 4 is 29.7 Å². The van der Waals surface area contributed by atoms with Crippen LogP contribution in [0.1, 0.15) is 50.2 Å². The molecule has 0 heterocycles. The molecule has 2 amide bonds. The molecule has 2 aromatic carbocycles. The molecule has 188 valence electrons. The third kappa shape index (κ3) is 5.99. The maximum atomic E-state index is 12.9. The third-order valence-electron chi connectivity index (χ3n) is 6.97. The van der Waals surface area contributed by atoms with Crippen molar-refractivity contribution in [2.24, 2.45) is 5.41 Å². The number of hydrogen-bond donors (Lipinski definition) is 3. The molecule has 0 radical (unpaired) electrons. The van der Waals surface area contributed by atoms with Gasteiger partial charge in [-0.1, -0.05) is 62.4 Å². The summed E-state index contributed by atoms with van der Waals surface area (Å²) in [5.74, 6) is -0.752. The highest BCUT2D eigenvalue weighted by atomic mass is 32.2. The predicted octanol–water partition coefficient (Wildman–Crippen LogP) is 4.65. The molecular weight excluding hydrogens is 464 g/mol. The highest BCUT2D eigenvalue weighted by molar-refractivity contribution is 7.98. The Bertz CT molecular complexity index is 1010. The Morgan fingerprint density at radius 1 is 1.03 bits per heavy atom. The summed E-state index contributed by atoms with van der Waals surface area (Å²) < 4.78 is 5.60. The first-order chi connectivity index (χ1) is 16.9. The summed E-state index contributed by atoms with van der Waals surface area (Å²) >= 11 is 1.56. The lowest BCUT2D eigenvalue weighted by Crippen LogP contribution is -2.51. The van der Waals surface area contributed by atoms with E-state index in [1.54, 1.807) is 25.6 Å². The molecule has 0 spiro atoms. The molecule has 0 saturated heterocycles. The first-order valence-electron chi connectivity index (χ1n) is 12.0. The summed E-state index contributed by atoms with van der Waals surface area (Å²) in [6.45, 7) is 3.76. The van der Waals surface area contributed by atoms with Gasteiger partial charge in [-0.15, -0.1) is 0 Å². The monoisotopic (exact) mass is 498 g/mol. The number of aliphatic carboxylic acids is 1. The van der Waals surface area contributed by atoms with E-state index in [-0.39, 0.29) is 19.1 Å². The minimum Gasteiger partial charge on any atom is -0.481 e. The van der Waals surface area contributed by atoms with Gasteiger partial charge in [0.15, 0.2) is 0 Å². The first kappa shape index (κ1) is 26.6. The molecule has 0 unspecified atom stereocenters. The van der Waals surface area contributed by atoms with E-state index in [1.807, 2.05) is 42.7 Å². The summed E-state index contributed by atoms with van der Waals surface area (Å²) in [6.07, 6.45) is 2.47. The van der Waals surface area contributed by atoms with Crippen LogP contribution in [0.3, 0.4) is 0 Å². The molecule has 8 heteroatoms. The summed E-state index contributed by atoms with van der Waals surface area (Å²) in [6, 6.07) is 15.4. The standard InChI is InChI=1S/C27H34N2O5S/c1-4-27(5-2,25(31)32)17-28-24(30)23(14-15-35-3)29-26(33)34-16-22-20-12-8-6-10-18(20)19-11-7-9-13-21(19)22/h6-13,22-23H,4-5,14-17H2,1-3H3,(H,28,30)(H,29,33)(H,31,32)/t23-/m0/s1. The van der Waals surface area contributed by atoms with Crippen LogP contribution < -0.4 is 10.6 Å². The fraction of sp³-hybridized carbons (Fsp3) is 0.444. The van der Waals surface area contributed by atoms with E-state index in [4.69, 9.17) is 4.74 Å². The van der Waals surface area contributed by atoms with Gasteiger partial charge in [0.1, 0.15) is 12.6 Å². The first-order valence-corrected chi connectivity index (χ1v) is 13.4. The molecule has 0 fully saturated rings. The van der Waals surface area contributed by atoms with Crippen LogP contribution in [0.4, 0.5) is 4.79 Å². The summed E-state index contributed by atoms with van der Waals surface area (Å²) in [4.78, 5) is 37.4. The number of amides is 2. The van der Waals surface area contributed by atoms with Crippen LogP contribution in [0.25, 0.3) is 11.1 Å². The minimum absolute atomic E-state index is 0.0102. The van der Waals surface area contributed by atoms with Crippen molar-refractivity contribution in [2.75, 3.05) is 25.2 Å². The second-order valence-corrected chi connectivity index (χ2v) is 9.80. The number of ether oxygens (including phenoxy) is 1. The maximum Gasteiger partial charge on any atom is 0.407 e. The lowest BCUT2D eigenvalue weighted by molar-refractivity contribution is -0.149. The Balaban J connectivity index is 1.64. The van der Waals surface area contributed by atoms with Crippen molar-refractivity contribution in [1.82, 2.24) is 10.6 Å². The van der Waals surface area contributed by atoms with Gasteiger partial charge < -0.3 is 20.5 Å². The van der Waals surface area contributed by atoms with Gasteiger partial charge in [-0.3, -0.25) is 9.59 Å². The number of carboxylic acids is 1. The number of nitrogens with one attached hydrogen (secondary N) is 2. The summed E-state index contributed by atoms with van der Waals surface area (Å²) in [7, 11) is 0. The van der Waals surface area contributed by atoms with E-state index < -0.39 is 29.4 Å². The van der Waals surface area contributed by atoms with Crippen molar-refractivity contribution in [3.8, 4) is 11.1 Å². The highest BCUT2D eigenvalue weighted by Gasteiger charge is 2.36. The molecular formula is C27H34N2O5S. The number of alkyl carbamates (subject to hydrolysis) is 1. The van der Waals surface area contributed by atoms with Gasteiger partial charge in [0.05, 0.1) is 5.41 Å². The third-order valence-corrected chi connectivity index (χ3v) is 7.62. The fourth-order valence-corrected chi connectivity index (χ4v) is 5.02. The van der Waals surface area contributed by atoms with Gasteiger partial charge in [-0.05, 0) is 53.5 Å². The Kier molecular flexibility index (Phi) is 9.20. The maximum absolute atomic E-state index is 12.9. The smallest absolute Gasteiger partial charge is 0.407 e. The Labute approximate surface area is 211 Å². The highest BCUT2D eigenvalue weighted by Crippen LogP contribution is 2.44. The molecule has 0 aromatic heterocycles. The van der Waals surface area contributed by atoms with Crippen molar-refractivity contribution in [1.29, 1.82) is 0 Å². The molecule has 0 aliphatic heterocycles. The lowest BCUT2D eigenvalue weighted by Gasteiger charge is -2.28. The number of hydrogen-bond acceptors (Lipinski definition) is 5. The molecule has 7 nitrogen and oxygen atoms in total. The number of rotatable bonds is 12. The van der Waals surface area contributed by atoms with E-state index in [0.29, 0.717) is 25.0 Å². The van der Waals surface area contributed by atoms with E-state index >= 15 is 0 Å². The van der Waals surface area contributed by atoms with Crippen LogP contribution in [0.15, 0.2) is 48.5 Å². The molecule has 3 rings (SSSR count). The van der Waals surface area contributed by atoms with Gasteiger partial charge in [0.25, 0.3) is 0 Å². The van der Waals surface area contributed by atoms with Crippen molar-refractivity contribution in [3.63, 3.8) is 0 Å². The Morgan fingerprint density at radius 3 is 2.11 bits per heavy atom. The number of fused-ring (bicyclic) bond motifs is 3. The molecule has 1 atom stereocenters. The second-order valence-electron chi connectivity index (χ2n) is 8.81. The van der Waals surface area contributed by atoms with Gasteiger partial charge in [0.2, 0.25) is 5.91 Å². The number of thioether (sulfide) groups is 1. The van der Waals surface area contributed by atoms with Crippen molar-refractivity contribution < 1.29 is 24.2 Å². The number of carbonyl (C=O) groups excluding carboxylic acids is 2. The van der Waals surface area contributed by atoms with E-state index in [0.717, 1.165) is 22.3 Å². The molecule has 35 heavy (non-hydrogen) atoms. The second kappa shape index (κ2) is 12.1. The topological polar surface area (TPSA) is 105 Å². The van der Waals surface area contributed by atoms with Gasteiger partial charge in [0, 0.05) is 12.5 Å². The summed E-state index contributed by atoms with van der Waals surface area (Å²) in [5.41, 5.74) is 3.49. The van der Waals surface area contributed by atoms with E-state index in [9.17, 15) is 19.5 Å². The normalized spacial score (nSPS) is 13.5. The Morgan fingerprint density at radius 2 is 1.60 bits per heavy atom. The van der Waals surface area contributed by atoms with Crippen LogP contribution >= 0.6 is 11.8 Å². The van der Waals surface area contributed by atoms with Gasteiger partial charge in [-0.25, -0.2) is 4.79 Å². The Hall–Kier alpha value is -3.00. The van der Waals surface area contributed by atoms with Crippen molar-refractivity contribution in [3.05, 3.63) is 59.7 Å². The molecule has 1 aliphatic carbocycles. The number of carbonyl (C=O) groups is 3. The molecule has 3 N–H and O–H groups in total. The predicted molar refractivity (Wildman–Crippen MR) is 139 cm³/mol. The van der Waals surface area contributed by atoms with Gasteiger partial charge in [-0.2, -0.15) is 11.8 Å². The molecule has 1 aliphatic rings. The van der Waals surface area contributed by atoms with Crippen molar-refractivity contribution in [2.45, 2.75) is 45.1 Å². The largest absolute Gasteiger partial charge is 0.481 e. The quantitative estimate of drug-likeness (QED) is 0.393. The lowest BCUT2D eigenvalue weighted by atomic mass is 9.82. The SMILES string of the molecule is CCC(CC)(CNC(=O)[C@H](CCSC)NC(=O)OCC1c2ccccc2-c2ccccc21)C(=O)O. The van der Waals surface area contributed by atoms with E-state index in [2.05, 4.69) is 22.8 Å². The summed E-state index contributed by atoms with van der Waals surface area (Å²) in [5, 5.41) is 15.1. The number of benzene rings is 2.